The number of anilines is 2. The second kappa shape index (κ2) is 11.4. The molecule has 12 heteroatoms. The standard InChI is InChI=1S/C26H22N8O3S/c1-17-23(15-27)25(28)30-26(29-16-18-5-3-2-4-6-18)24(17)34-33-20-9-7-19(8-10-20)31-32-21-11-13-22(14-12-21)38(35,36)37/h2-14H,16H2,1H3,(H3,28,29,30)(H,35,36,37). The van der Waals surface area contributed by atoms with Crippen molar-refractivity contribution in [3.63, 3.8) is 0 Å². The fourth-order valence-electron chi connectivity index (χ4n) is 3.38. The molecule has 4 aromatic rings. The summed E-state index contributed by atoms with van der Waals surface area (Å²) in [7, 11) is -4.27. The second-order valence-electron chi connectivity index (χ2n) is 8.03. The van der Waals surface area contributed by atoms with E-state index in [1.54, 1.807) is 31.2 Å². The molecule has 0 aliphatic heterocycles. The van der Waals surface area contributed by atoms with Crippen LogP contribution >= 0.6 is 0 Å². The molecule has 0 unspecified atom stereocenters. The van der Waals surface area contributed by atoms with Crippen molar-refractivity contribution in [3.8, 4) is 6.07 Å². The van der Waals surface area contributed by atoms with Gasteiger partial charge in [0.15, 0.2) is 5.82 Å². The first-order valence-corrected chi connectivity index (χ1v) is 12.7. The second-order valence-corrected chi connectivity index (χ2v) is 9.45. The molecule has 4 N–H and O–H groups in total. The highest BCUT2D eigenvalue weighted by Crippen LogP contribution is 2.34. The molecule has 0 aliphatic carbocycles. The Labute approximate surface area is 219 Å². The van der Waals surface area contributed by atoms with Crippen molar-refractivity contribution in [1.29, 1.82) is 5.26 Å². The first-order chi connectivity index (χ1) is 18.2. The van der Waals surface area contributed by atoms with Crippen molar-refractivity contribution in [1.82, 2.24) is 4.98 Å². The van der Waals surface area contributed by atoms with Gasteiger partial charge in [0.1, 0.15) is 17.6 Å². The average Bonchev–Trinajstić information content (AvgIpc) is 2.91. The summed E-state index contributed by atoms with van der Waals surface area (Å²) in [5.74, 6) is 0.527. The Morgan fingerprint density at radius 3 is 1.95 bits per heavy atom. The van der Waals surface area contributed by atoms with E-state index in [2.05, 4.69) is 36.8 Å². The minimum atomic E-state index is -4.27. The molecule has 3 aromatic carbocycles. The number of hydrogen-bond acceptors (Lipinski definition) is 10. The van der Waals surface area contributed by atoms with Gasteiger partial charge in [-0.05, 0) is 61.0 Å². The Bertz CT molecular complexity index is 1650. The molecule has 1 heterocycles. The number of nitriles is 1. The zero-order chi connectivity index (χ0) is 27.1. The van der Waals surface area contributed by atoms with Gasteiger partial charge in [-0.3, -0.25) is 4.55 Å². The van der Waals surface area contributed by atoms with Gasteiger partial charge in [0.05, 0.1) is 27.5 Å². The van der Waals surface area contributed by atoms with E-state index in [0.29, 0.717) is 40.7 Å². The average molecular weight is 527 g/mol. The van der Waals surface area contributed by atoms with Crippen molar-refractivity contribution in [2.45, 2.75) is 18.4 Å². The van der Waals surface area contributed by atoms with Gasteiger partial charge in [0, 0.05) is 12.1 Å². The van der Waals surface area contributed by atoms with Crippen molar-refractivity contribution in [2.75, 3.05) is 11.1 Å². The van der Waals surface area contributed by atoms with Crippen LogP contribution in [0.5, 0.6) is 0 Å². The number of hydrogen-bond donors (Lipinski definition) is 3. The van der Waals surface area contributed by atoms with E-state index in [-0.39, 0.29) is 16.3 Å². The normalized spacial score (nSPS) is 11.6. The van der Waals surface area contributed by atoms with Crippen LogP contribution in [0.1, 0.15) is 16.7 Å². The summed E-state index contributed by atoms with van der Waals surface area (Å²) in [6.07, 6.45) is 0. The van der Waals surface area contributed by atoms with Gasteiger partial charge in [0.25, 0.3) is 10.1 Å². The van der Waals surface area contributed by atoms with Crippen molar-refractivity contribution >= 4 is 44.5 Å². The van der Waals surface area contributed by atoms with E-state index in [1.807, 2.05) is 30.3 Å². The first-order valence-electron chi connectivity index (χ1n) is 11.2. The SMILES string of the molecule is Cc1c(C#N)c(N)nc(NCc2ccccc2)c1N=Nc1ccc(N=Nc2ccc(S(=O)(=O)O)cc2)cc1. The van der Waals surface area contributed by atoms with Crippen LogP contribution in [0.2, 0.25) is 0 Å². The van der Waals surface area contributed by atoms with Crippen LogP contribution in [0.4, 0.5) is 34.4 Å². The summed E-state index contributed by atoms with van der Waals surface area (Å²) in [4.78, 5) is 4.11. The Kier molecular flexibility index (Phi) is 7.81. The quantitative estimate of drug-likeness (QED) is 0.172. The molecule has 0 fully saturated rings. The fraction of sp³-hybridized carbons (Fsp3) is 0.0769. The van der Waals surface area contributed by atoms with Gasteiger partial charge in [-0.2, -0.15) is 29.0 Å². The number of azo groups is 2. The topological polar surface area (TPSA) is 179 Å². The van der Waals surface area contributed by atoms with E-state index in [4.69, 9.17) is 10.3 Å². The molecule has 0 amide bonds. The summed E-state index contributed by atoms with van der Waals surface area (Å²) in [5, 5.41) is 29.5. The predicted molar refractivity (Wildman–Crippen MR) is 143 cm³/mol. The molecular weight excluding hydrogens is 504 g/mol. The number of nitrogen functional groups attached to an aromatic ring is 1. The molecule has 4 rings (SSSR count). The highest BCUT2D eigenvalue weighted by molar-refractivity contribution is 7.85. The molecule has 0 saturated heterocycles. The zero-order valence-corrected chi connectivity index (χ0v) is 21.0. The molecule has 0 atom stereocenters. The third-order valence-electron chi connectivity index (χ3n) is 5.39. The lowest BCUT2D eigenvalue weighted by molar-refractivity contribution is 0.483. The molecule has 11 nitrogen and oxygen atoms in total. The molecular formula is C26H22N8O3S. The van der Waals surface area contributed by atoms with Gasteiger partial charge < -0.3 is 11.1 Å². The van der Waals surface area contributed by atoms with Crippen LogP contribution in [0, 0.1) is 18.3 Å². The van der Waals surface area contributed by atoms with Gasteiger partial charge in [-0.1, -0.05) is 30.3 Å². The Morgan fingerprint density at radius 1 is 0.895 bits per heavy atom. The Morgan fingerprint density at radius 2 is 1.42 bits per heavy atom. The van der Waals surface area contributed by atoms with Crippen molar-refractivity contribution < 1.29 is 13.0 Å². The van der Waals surface area contributed by atoms with Gasteiger partial charge in [0.2, 0.25) is 0 Å². The largest absolute Gasteiger partial charge is 0.383 e. The maximum atomic E-state index is 11.1. The van der Waals surface area contributed by atoms with Crippen LogP contribution in [0.15, 0.2) is 104 Å². The number of nitrogens with two attached hydrogens (primary N) is 1. The number of aromatic nitrogens is 1. The monoisotopic (exact) mass is 526 g/mol. The number of nitrogens with one attached hydrogen (secondary N) is 1. The van der Waals surface area contributed by atoms with E-state index >= 15 is 0 Å². The van der Waals surface area contributed by atoms with E-state index < -0.39 is 10.1 Å². The number of rotatable bonds is 8. The summed E-state index contributed by atoms with van der Waals surface area (Å²) < 4.78 is 31.3. The summed E-state index contributed by atoms with van der Waals surface area (Å²) in [5.41, 5.74) is 9.71. The third kappa shape index (κ3) is 6.41. The molecule has 0 saturated carbocycles. The summed E-state index contributed by atoms with van der Waals surface area (Å²) in [6, 6.07) is 23.9. The van der Waals surface area contributed by atoms with E-state index in [9.17, 15) is 13.7 Å². The van der Waals surface area contributed by atoms with Crippen LogP contribution in [-0.4, -0.2) is 18.0 Å². The predicted octanol–water partition coefficient (Wildman–Crippen LogP) is 6.53. The Balaban J connectivity index is 1.52. The highest BCUT2D eigenvalue weighted by Gasteiger charge is 2.15. The lowest BCUT2D eigenvalue weighted by Crippen LogP contribution is -2.06. The maximum Gasteiger partial charge on any atom is 0.294 e. The number of pyridine rings is 1. The van der Waals surface area contributed by atoms with Crippen LogP contribution in [-0.2, 0) is 16.7 Å². The maximum absolute atomic E-state index is 11.1. The number of benzene rings is 3. The minimum absolute atomic E-state index is 0.113. The molecule has 0 radical (unpaired) electrons. The van der Waals surface area contributed by atoms with Crippen molar-refractivity contribution in [3.05, 3.63) is 95.6 Å². The molecule has 0 spiro atoms. The first kappa shape index (κ1) is 26.1. The fourth-order valence-corrected chi connectivity index (χ4v) is 3.86. The summed E-state index contributed by atoms with van der Waals surface area (Å²) >= 11 is 0. The molecule has 190 valence electrons. The molecule has 0 aliphatic rings. The van der Waals surface area contributed by atoms with Gasteiger partial charge in [-0.15, -0.1) is 5.11 Å². The highest BCUT2D eigenvalue weighted by atomic mass is 32.2. The molecule has 38 heavy (non-hydrogen) atoms. The van der Waals surface area contributed by atoms with Crippen LogP contribution in [0.3, 0.4) is 0 Å². The lowest BCUT2D eigenvalue weighted by atomic mass is 10.1. The summed E-state index contributed by atoms with van der Waals surface area (Å²) in [6.45, 7) is 2.23. The Hall–Kier alpha value is -4.99. The van der Waals surface area contributed by atoms with Crippen LogP contribution in [0.25, 0.3) is 0 Å². The van der Waals surface area contributed by atoms with Gasteiger partial charge >= 0.3 is 0 Å². The van der Waals surface area contributed by atoms with Gasteiger partial charge in [-0.25, -0.2) is 4.98 Å². The zero-order valence-electron chi connectivity index (χ0n) is 20.1. The smallest absolute Gasteiger partial charge is 0.294 e. The molecule has 0 bridgehead atoms. The minimum Gasteiger partial charge on any atom is -0.383 e. The third-order valence-corrected chi connectivity index (χ3v) is 6.26. The van der Waals surface area contributed by atoms with Crippen molar-refractivity contribution in [2.24, 2.45) is 20.5 Å². The number of nitrogens with zero attached hydrogens (tertiary/aromatic N) is 6. The van der Waals surface area contributed by atoms with E-state index in [0.717, 1.165) is 5.56 Å². The van der Waals surface area contributed by atoms with Crippen LogP contribution < -0.4 is 11.1 Å². The molecule has 1 aromatic heterocycles. The van der Waals surface area contributed by atoms with E-state index in [1.165, 1.54) is 24.3 Å². The lowest BCUT2D eigenvalue weighted by Gasteiger charge is -2.12.